The number of hydrogen-bond acceptors (Lipinski definition) is 3. The van der Waals surface area contributed by atoms with Crippen molar-refractivity contribution in [3.63, 3.8) is 0 Å². The molecule has 0 spiro atoms. The summed E-state index contributed by atoms with van der Waals surface area (Å²) in [5.41, 5.74) is 0.651. The van der Waals surface area contributed by atoms with E-state index in [9.17, 15) is 4.79 Å². The number of rotatable bonds is 3. The molecule has 0 aromatic carbocycles. The number of carbonyl (C=O) groups excluding carboxylic acids is 1. The smallest absolute Gasteiger partial charge is 0.303 e. The van der Waals surface area contributed by atoms with Gasteiger partial charge in [-0.1, -0.05) is 13.8 Å². The van der Waals surface area contributed by atoms with Gasteiger partial charge in [0.1, 0.15) is 19.1 Å². The number of quaternary nitrogens is 2. The van der Waals surface area contributed by atoms with Crippen molar-refractivity contribution in [2.75, 3.05) is 53.5 Å². The third kappa shape index (κ3) is 3.84. The van der Waals surface area contributed by atoms with Gasteiger partial charge < -0.3 is 18.4 Å². The third-order valence-corrected chi connectivity index (χ3v) is 13.6. The number of morpholine rings is 1. The molecule has 5 heteroatoms. The molecule has 204 valence electrons. The standard InChI is InChI=1S/C31H54N2O3/c1-22(34)36-29-28(33(5)16-18-35-19-17-33)21-27-25-9-8-23-20-24(32(4)14-6-7-15-32)10-12-30(23,2)26(25)11-13-31(27,29)3/h23-29H,6-21H2,1-5H3/q+2/t23-,24+,25+,26-,27-,28-,29-,30-,31-/m0/s1. The summed E-state index contributed by atoms with van der Waals surface area (Å²) in [6.45, 7) is 13.5. The molecule has 0 unspecified atom stereocenters. The number of ether oxygens (including phenoxy) is 2. The Morgan fingerprint density at radius 2 is 1.53 bits per heavy atom. The molecule has 4 aliphatic carbocycles. The number of likely N-dealkylation sites (tertiary alicyclic amines) is 1. The molecule has 0 aromatic rings. The van der Waals surface area contributed by atoms with Crippen LogP contribution in [0.3, 0.4) is 0 Å². The molecule has 0 radical (unpaired) electrons. The van der Waals surface area contributed by atoms with Crippen LogP contribution in [0.5, 0.6) is 0 Å². The van der Waals surface area contributed by atoms with Gasteiger partial charge in [-0.3, -0.25) is 4.79 Å². The highest BCUT2D eigenvalue weighted by molar-refractivity contribution is 5.66. The first-order valence-electron chi connectivity index (χ1n) is 15.5. The molecule has 36 heavy (non-hydrogen) atoms. The van der Waals surface area contributed by atoms with Crippen molar-refractivity contribution in [2.24, 2.45) is 34.5 Å². The summed E-state index contributed by atoms with van der Waals surface area (Å²) in [5.74, 6) is 3.21. The number of nitrogens with zero attached hydrogens (tertiary/aromatic N) is 2. The van der Waals surface area contributed by atoms with Crippen LogP contribution in [0.25, 0.3) is 0 Å². The highest BCUT2D eigenvalue weighted by Gasteiger charge is 2.67. The van der Waals surface area contributed by atoms with Gasteiger partial charge in [0, 0.05) is 38.0 Å². The second-order valence-corrected chi connectivity index (χ2v) is 15.1. The Labute approximate surface area is 220 Å². The lowest BCUT2D eigenvalue weighted by Crippen LogP contribution is -2.62. The summed E-state index contributed by atoms with van der Waals surface area (Å²) in [6.07, 6.45) is 14.0. The van der Waals surface area contributed by atoms with Gasteiger partial charge in [-0.05, 0) is 67.6 Å². The normalized spacial score (nSPS) is 49.5. The summed E-state index contributed by atoms with van der Waals surface area (Å²) in [7, 11) is 4.99. The minimum atomic E-state index is -0.0821. The number of esters is 1. The van der Waals surface area contributed by atoms with Crippen molar-refractivity contribution in [2.45, 2.75) is 103 Å². The highest BCUT2D eigenvalue weighted by atomic mass is 16.5. The van der Waals surface area contributed by atoms with Crippen LogP contribution in [0.4, 0.5) is 0 Å². The summed E-state index contributed by atoms with van der Waals surface area (Å²) >= 11 is 0. The Bertz CT molecular complexity index is 849. The van der Waals surface area contributed by atoms with E-state index in [0.717, 1.165) is 54.6 Å². The Kier molecular flexibility index (Phi) is 6.37. The molecular formula is C31H54N2O3+2. The van der Waals surface area contributed by atoms with Crippen molar-refractivity contribution in [1.29, 1.82) is 0 Å². The van der Waals surface area contributed by atoms with Crippen LogP contribution in [0.2, 0.25) is 0 Å². The Balaban J connectivity index is 1.25. The van der Waals surface area contributed by atoms with Crippen LogP contribution in [-0.4, -0.2) is 86.6 Å². The lowest BCUT2D eigenvalue weighted by Gasteiger charge is -2.61. The maximum atomic E-state index is 12.4. The molecule has 2 heterocycles. The fourth-order valence-corrected chi connectivity index (χ4v) is 11.3. The number of hydrogen-bond donors (Lipinski definition) is 0. The van der Waals surface area contributed by atoms with Gasteiger partial charge in [0.15, 0.2) is 6.10 Å². The lowest BCUT2D eigenvalue weighted by atomic mass is 9.45. The molecule has 6 rings (SSSR count). The van der Waals surface area contributed by atoms with E-state index in [1.54, 1.807) is 6.92 Å². The van der Waals surface area contributed by atoms with Crippen molar-refractivity contribution < 1.29 is 23.2 Å². The minimum Gasteiger partial charge on any atom is -0.456 e. The number of likely N-dealkylation sites (N-methyl/N-ethyl adjacent to an activating group) is 1. The average molecular weight is 503 g/mol. The van der Waals surface area contributed by atoms with Gasteiger partial charge in [-0.2, -0.15) is 0 Å². The summed E-state index contributed by atoms with van der Waals surface area (Å²) in [4.78, 5) is 12.4. The predicted octanol–water partition coefficient (Wildman–Crippen LogP) is 5.03. The van der Waals surface area contributed by atoms with Crippen molar-refractivity contribution >= 4 is 5.97 Å². The second kappa shape index (κ2) is 8.95. The molecule has 5 nitrogen and oxygen atoms in total. The van der Waals surface area contributed by atoms with Crippen LogP contribution in [0.1, 0.15) is 85.0 Å². The maximum absolute atomic E-state index is 12.4. The topological polar surface area (TPSA) is 35.5 Å². The van der Waals surface area contributed by atoms with E-state index >= 15 is 0 Å². The molecule has 2 aliphatic heterocycles. The van der Waals surface area contributed by atoms with Gasteiger partial charge in [0.25, 0.3) is 0 Å². The second-order valence-electron chi connectivity index (χ2n) is 15.1. The first-order valence-corrected chi connectivity index (χ1v) is 15.5. The summed E-state index contributed by atoms with van der Waals surface area (Å²) in [5, 5.41) is 0. The molecule has 4 saturated carbocycles. The van der Waals surface area contributed by atoms with E-state index in [0.29, 0.717) is 17.4 Å². The van der Waals surface area contributed by atoms with Gasteiger partial charge >= 0.3 is 5.97 Å². The molecule has 0 amide bonds. The van der Waals surface area contributed by atoms with E-state index in [1.165, 1.54) is 81.8 Å². The maximum Gasteiger partial charge on any atom is 0.303 e. The molecule has 9 atom stereocenters. The minimum absolute atomic E-state index is 0.0601. The number of carbonyl (C=O) groups is 1. The predicted molar refractivity (Wildman–Crippen MR) is 142 cm³/mol. The van der Waals surface area contributed by atoms with Crippen LogP contribution >= 0.6 is 0 Å². The molecule has 0 aromatic heterocycles. The van der Waals surface area contributed by atoms with Crippen molar-refractivity contribution in [3.05, 3.63) is 0 Å². The van der Waals surface area contributed by atoms with Gasteiger partial charge in [0.05, 0.1) is 46.4 Å². The molecule has 0 bridgehead atoms. The highest BCUT2D eigenvalue weighted by Crippen LogP contribution is 2.67. The van der Waals surface area contributed by atoms with Crippen LogP contribution in [-0.2, 0) is 14.3 Å². The first-order chi connectivity index (χ1) is 17.1. The summed E-state index contributed by atoms with van der Waals surface area (Å²) in [6, 6.07) is 1.33. The largest absolute Gasteiger partial charge is 0.456 e. The molecule has 6 fully saturated rings. The summed E-state index contributed by atoms with van der Waals surface area (Å²) < 4.78 is 14.5. The first kappa shape index (κ1) is 25.6. The van der Waals surface area contributed by atoms with Crippen molar-refractivity contribution in [1.82, 2.24) is 0 Å². The van der Waals surface area contributed by atoms with E-state index in [-0.39, 0.29) is 17.5 Å². The monoisotopic (exact) mass is 502 g/mol. The van der Waals surface area contributed by atoms with E-state index in [1.807, 2.05) is 0 Å². The Morgan fingerprint density at radius 3 is 2.22 bits per heavy atom. The third-order valence-electron chi connectivity index (χ3n) is 13.6. The zero-order valence-corrected chi connectivity index (χ0v) is 24.0. The molecule has 6 aliphatic rings. The average Bonchev–Trinajstić information content (AvgIpc) is 3.41. The van der Waals surface area contributed by atoms with Gasteiger partial charge in [0.2, 0.25) is 0 Å². The molecular weight excluding hydrogens is 448 g/mol. The molecule has 2 saturated heterocycles. The zero-order chi connectivity index (χ0) is 25.3. The van der Waals surface area contributed by atoms with Gasteiger partial charge in [-0.25, -0.2) is 0 Å². The van der Waals surface area contributed by atoms with Crippen LogP contribution in [0.15, 0.2) is 0 Å². The SMILES string of the molecule is CC(=O)O[C@H]1[C@@H]([N+]2(C)CCOCC2)C[C@H]2[C@@H]3CC[C@H]4C[C@H]([N+]5(C)CCCC5)CC[C@]4(C)[C@H]3CC[C@@]21C. The fourth-order valence-electron chi connectivity index (χ4n) is 11.3. The van der Waals surface area contributed by atoms with Gasteiger partial charge in [-0.15, -0.1) is 0 Å². The fraction of sp³-hybridized carbons (Fsp3) is 0.968. The van der Waals surface area contributed by atoms with Crippen LogP contribution < -0.4 is 0 Å². The van der Waals surface area contributed by atoms with E-state index < -0.39 is 0 Å². The van der Waals surface area contributed by atoms with Crippen molar-refractivity contribution in [3.8, 4) is 0 Å². The zero-order valence-electron chi connectivity index (χ0n) is 24.0. The lowest BCUT2D eigenvalue weighted by molar-refractivity contribution is -0.942. The van der Waals surface area contributed by atoms with E-state index in [4.69, 9.17) is 9.47 Å². The number of fused-ring (bicyclic) bond motifs is 5. The quantitative estimate of drug-likeness (QED) is 0.401. The van der Waals surface area contributed by atoms with Crippen LogP contribution in [0, 0.1) is 34.5 Å². The molecule has 0 N–H and O–H groups in total. The van der Waals surface area contributed by atoms with E-state index in [2.05, 4.69) is 27.9 Å². The Hall–Kier alpha value is -0.650. The Morgan fingerprint density at radius 1 is 0.833 bits per heavy atom.